The van der Waals surface area contributed by atoms with Crippen LogP contribution in [0.3, 0.4) is 0 Å². The van der Waals surface area contributed by atoms with Crippen molar-refractivity contribution in [2.75, 3.05) is 0 Å². The van der Waals surface area contributed by atoms with Crippen LogP contribution in [0, 0.1) is 0 Å². The van der Waals surface area contributed by atoms with Gasteiger partial charge < -0.3 is 8.98 Å². The summed E-state index contributed by atoms with van der Waals surface area (Å²) in [5.74, 6) is 1.76. The minimum absolute atomic E-state index is 0.549. The second-order valence-corrected chi connectivity index (χ2v) is 17.4. The molecule has 5 heteroatoms. The van der Waals surface area contributed by atoms with E-state index in [1.165, 1.54) is 48.5 Å². The zero-order valence-corrected chi connectivity index (χ0v) is 35.3. The summed E-state index contributed by atoms with van der Waals surface area (Å²) in [6, 6.07) is 73.6. The summed E-state index contributed by atoms with van der Waals surface area (Å²) >= 11 is 0. The fourth-order valence-electron chi connectivity index (χ4n) is 11.1. The first-order valence-corrected chi connectivity index (χ1v) is 22.4. The van der Waals surface area contributed by atoms with Gasteiger partial charge in [0.05, 0.1) is 22.3 Å². The SMILES string of the molecule is c1ccc2c(-c3nc(-c4cc5ccccc5c5ccccc45)nc(-c4cccc5c4oc4c(-n6c7cccc8c9ccccc9c9c%10ccccc%10cc6c9c87)cccc45)n3)cccc2c1. The molecule has 0 atom stereocenters. The first-order chi connectivity index (χ1) is 32.7. The molecule has 0 aliphatic rings. The third-order valence-electron chi connectivity index (χ3n) is 13.9. The molecule has 0 amide bonds. The maximum absolute atomic E-state index is 7.28. The van der Waals surface area contributed by atoms with Crippen LogP contribution in [0.4, 0.5) is 0 Å². The molecule has 12 aromatic carbocycles. The Hall–Kier alpha value is -8.93. The molecule has 3 heterocycles. The van der Waals surface area contributed by atoms with Gasteiger partial charge in [-0.25, -0.2) is 15.0 Å². The van der Waals surface area contributed by atoms with E-state index in [1.807, 2.05) is 0 Å². The van der Waals surface area contributed by atoms with Crippen LogP contribution in [0.25, 0.3) is 148 Å². The smallest absolute Gasteiger partial charge is 0.167 e. The molecule has 3 aromatic heterocycles. The van der Waals surface area contributed by atoms with Gasteiger partial charge in [0.25, 0.3) is 0 Å². The molecule has 0 unspecified atom stereocenters. The highest BCUT2D eigenvalue weighted by Gasteiger charge is 2.25. The van der Waals surface area contributed by atoms with Gasteiger partial charge in [-0.1, -0.05) is 176 Å². The highest BCUT2D eigenvalue weighted by Crippen LogP contribution is 2.48. The number of hydrogen-bond acceptors (Lipinski definition) is 4. The molecule has 0 aliphatic carbocycles. The highest BCUT2D eigenvalue weighted by molar-refractivity contribution is 6.39. The molecule has 304 valence electrons. The summed E-state index contributed by atoms with van der Waals surface area (Å²) in [4.78, 5) is 16.1. The molecule has 15 rings (SSSR count). The number of para-hydroxylation sites is 2. The Kier molecular flexibility index (Phi) is 7.16. The molecule has 15 aromatic rings. The molecule has 0 aliphatic heterocycles. The van der Waals surface area contributed by atoms with Crippen LogP contribution in [0.5, 0.6) is 0 Å². The molecule has 0 radical (unpaired) electrons. The lowest BCUT2D eigenvalue weighted by molar-refractivity contribution is 0.667. The summed E-state index contributed by atoms with van der Waals surface area (Å²) < 4.78 is 9.71. The Balaban J connectivity index is 1.02. The number of benzene rings is 12. The number of furan rings is 1. The molecular weight excluding hydrogens is 805 g/mol. The van der Waals surface area contributed by atoms with E-state index in [0.717, 1.165) is 82.3 Å². The lowest BCUT2D eigenvalue weighted by Crippen LogP contribution is -2.01. The van der Waals surface area contributed by atoms with Crippen LogP contribution < -0.4 is 0 Å². The van der Waals surface area contributed by atoms with Crippen LogP contribution in [0.2, 0.25) is 0 Å². The number of hydrogen-bond donors (Lipinski definition) is 0. The first-order valence-electron chi connectivity index (χ1n) is 22.4. The zero-order valence-electron chi connectivity index (χ0n) is 35.3. The van der Waals surface area contributed by atoms with Gasteiger partial charge in [-0.05, 0) is 89.6 Å². The van der Waals surface area contributed by atoms with Crippen molar-refractivity contribution >= 4 is 108 Å². The van der Waals surface area contributed by atoms with E-state index < -0.39 is 0 Å². The number of fused-ring (bicyclic) bond motifs is 12. The van der Waals surface area contributed by atoms with E-state index in [9.17, 15) is 0 Å². The minimum atomic E-state index is 0.549. The topological polar surface area (TPSA) is 56.7 Å². The van der Waals surface area contributed by atoms with Crippen LogP contribution in [0.15, 0.2) is 211 Å². The molecule has 5 nitrogen and oxygen atoms in total. The fraction of sp³-hybridized carbons (Fsp3) is 0. The predicted molar refractivity (Wildman–Crippen MR) is 274 cm³/mol. The Morgan fingerprint density at radius 3 is 1.59 bits per heavy atom. The second kappa shape index (κ2) is 13.3. The highest BCUT2D eigenvalue weighted by atomic mass is 16.3. The average Bonchev–Trinajstić information content (AvgIpc) is 3.93. The molecule has 0 bridgehead atoms. The number of nitrogens with zero attached hydrogens (tertiary/aromatic N) is 4. The summed E-state index contributed by atoms with van der Waals surface area (Å²) in [7, 11) is 0. The molecule has 0 N–H and O–H groups in total. The van der Waals surface area contributed by atoms with Crippen molar-refractivity contribution < 1.29 is 4.42 Å². The van der Waals surface area contributed by atoms with Gasteiger partial charge in [0.1, 0.15) is 5.58 Å². The lowest BCUT2D eigenvalue weighted by atomic mass is 9.91. The normalized spacial score (nSPS) is 12.2. The summed E-state index contributed by atoms with van der Waals surface area (Å²) in [5.41, 5.74) is 7.51. The Bertz CT molecular complexity index is 4530. The molecular formula is C61H34N4O. The Morgan fingerprint density at radius 2 is 0.788 bits per heavy atom. The van der Waals surface area contributed by atoms with Gasteiger partial charge in [-0.2, -0.15) is 0 Å². The Labute approximate surface area is 376 Å². The largest absolute Gasteiger partial charge is 0.453 e. The van der Waals surface area contributed by atoms with Crippen molar-refractivity contribution in [3.8, 4) is 39.9 Å². The molecule has 0 fully saturated rings. The van der Waals surface area contributed by atoms with Crippen molar-refractivity contribution in [2.45, 2.75) is 0 Å². The van der Waals surface area contributed by atoms with Crippen molar-refractivity contribution in [1.29, 1.82) is 0 Å². The Morgan fingerprint density at radius 1 is 0.288 bits per heavy atom. The van der Waals surface area contributed by atoms with Gasteiger partial charge in [0, 0.05) is 38.1 Å². The predicted octanol–water partition coefficient (Wildman–Crippen LogP) is 16.2. The number of rotatable bonds is 4. The van der Waals surface area contributed by atoms with E-state index in [0.29, 0.717) is 17.5 Å². The quantitative estimate of drug-likeness (QED) is 0.166. The fourth-order valence-corrected chi connectivity index (χ4v) is 11.1. The maximum Gasteiger partial charge on any atom is 0.167 e. The van der Waals surface area contributed by atoms with Crippen LogP contribution in [-0.4, -0.2) is 19.5 Å². The van der Waals surface area contributed by atoms with Gasteiger partial charge in [-0.3, -0.25) is 0 Å². The van der Waals surface area contributed by atoms with Gasteiger partial charge in [-0.15, -0.1) is 0 Å². The lowest BCUT2D eigenvalue weighted by Gasteiger charge is -2.13. The van der Waals surface area contributed by atoms with E-state index in [1.54, 1.807) is 0 Å². The van der Waals surface area contributed by atoms with Crippen LogP contribution in [-0.2, 0) is 0 Å². The molecule has 0 saturated heterocycles. The second-order valence-electron chi connectivity index (χ2n) is 17.4. The van der Waals surface area contributed by atoms with Crippen LogP contribution in [0.1, 0.15) is 0 Å². The summed E-state index contributed by atoms with van der Waals surface area (Å²) in [6.45, 7) is 0. The monoisotopic (exact) mass is 838 g/mol. The van der Waals surface area contributed by atoms with E-state index in [-0.39, 0.29) is 0 Å². The van der Waals surface area contributed by atoms with Gasteiger partial charge >= 0.3 is 0 Å². The molecule has 0 saturated carbocycles. The average molecular weight is 839 g/mol. The standard InChI is InChI=1S/C61H34N4O/c1-4-19-38-35(15-1)18-11-29-48(38)59-62-60(64-61(63-59)50-33-36-16-2-5-20-39(36)41-22-7-8-23-42(41)50)49-30-12-27-46-47-28-14-32-52(58(47)66-57(46)49)65-51-31-13-26-45-43-24-9-10-25-44(43)54-40-21-6-3-17-37(40)34-53(65)56(54)55(45)51/h1-34H. The van der Waals surface area contributed by atoms with Gasteiger partial charge in [0.2, 0.25) is 0 Å². The zero-order chi connectivity index (χ0) is 43.0. The first kappa shape index (κ1) is 35.5. The third kappa shape index (κ3) is 4.86. The van der Waals surface area contributed by atoms with Crippen molar-refractivity contribution in [3.63, 3.8) is 0 Å². The summed E-state index contributed by atoms with van der Waals surface area (Å²) in [6.07, 6.45) is 0. The van der Waals surface area contributed by atoms with E-state index >= 15 is 0 Å². The third-order valence-corrected chi connectivity index (χ3v) is 13.9. The van der Waals surface area contributed by atoms with Gasteiger partial charge in [0.15, 0.2) is 23.1 Å². The van der Waals surface area contributed by atoms with Crippen molar-refractivity contribution in [3.05, 3.63) is 206 Å². The van der Waals surface area contributed by atoms with E-state index in [4.69, 9.17) is 19.4 Å². The number of aromatic nitrogens is 4. The van der Waals surface area contributed by atoms with E-state index in [2.05, 4.69) is 211 Å². The maximum atomic E-state index is 7.28. The molecule has 66 heavy (non-hydrogen) atoms. The van der Waals surface area contributed by atoms with Crippen LogP contribution >= 0.6 is 0 Å². The van der Waals surface area contributed by atoms with Crippen molar-refractivity contribution in [2.24, 2.45) is 0 Å². The molecule has 0 spiro atoms. The summed E-state index contributed by atoms with van der Waals surface area (Å²) in [5, 5.41) is 18.8. The van der Waals surface area contributed by atoms with Crippen molar-refractivity contribution in [1.82, 2.24) is 19.5 Å². The minimum Gasteiger partial charge on any atom is -0.453 e.